The average Bonchev–Trinajstić information content (AvgIpc) is 1.38. The van der Waals surface area contributed by atoms with Crippen LogP contribution in [0.2, 0.25) is 0 Å². The smallest absolute Gasteiger partial charge is 0.235 e. The monoisotopic (exact) mass is 75.0 g/mol. The molecule has 0 heterocycles. The Balaban J connectivity index is 2.83. The minimum atomic E-state index is -1.42. The van der Waals surface area contributed by atoms with Crippen molar-refractivity contribution in [1.82, 2.24) is 0 Å². The maximum Gasteiger partial charge on any atom is 0.235 e. The molecule has 29 valence electrons. The molecule has 1 atom stereocenters. The van der Waals surface area contributed by atoms with Gasteiger partial charge in [-0.1, -0.05) is 0 Å². The Morgan fingerprint density at radius 2 is 2.20 bits per heavy atom. The molecule has 0 aliphatic carbocycles. The Hall–Kier alpha value is -0.400. The van der Waals surface area contributed by atoms with Crippen LogP contribution in [0.3, 0.4) is 0 Å². The summed E-state index contributed by atoms with van der Waals surface area (Å²) in [6.07, 6.45) is -0.310. The molecule has 0 amide bonds. The number of alkyl halides is 1. The summed E-state index contributed by atoms with van der Waals surface area (Å²) < 4.78 is 11.0. The normalized spacial score (nSPS) is 14.0. The summed E-state index contributed by atoms with van der Waals surface area (Å²) in [6, 6.07) is 0. The summed E-state index contributed by atoms with van der Waals surface area (Å²) in [7, 11) is 0. The van der Waals surface area contributed by atoms with Crippen LogP contribution in [0.15, 0.2) is 0 Å². The quantitative estimate of drug-likeness (QED) is 0.442. The van der Waals surface area contributed by atoms with Crippen LogP contribution in [-0.4, -0.2) is 12.5 Å². The van der Waals surface area contributed by atoms with Gasteiger partial charge in [0.15, 0.2) is 6.17 Å². The highest BCUT2D eigenvalue weighted by molar-refractivity contribution is 5.55. The number of hydrogen-bond acceptors (Lipinski definition) is 1. The van der Waals surface area contributed by atoms with Gasteiger partial charge in [-0.25, -0.2) is 4.39 Å². The summed E-state index contributed by atoms with van der Waals surface area (Å²) in [4.78, 5) is 9.00. The van der Waals surface area contributed by atoms with Crippen molar-refractivity contribution < 1.29 is 9.18 Å². The molecular formula is C3H4FO. The third-order valence-electron chi connectivity index (χ3n) is 0.162. The SMILES string of the molecule is C[C@H](F)[C]=O. The Morgan fingerprint density at radius 3 is 2.20 bits per heavy atom. The van der Waals surface area contributed by atoms with Crippen LogP contribution in [0.1, 0.15) is 6.92 Å². The van der Waals surface area contributed by atoms with E-state index in [9.17, 15) is 4.39 Å². The molecule has 0 saturated carbocycles. The third-order valence-corrected chi connectivity index (χ3v) is 0.162. The van der Waals surface area contributed by atoms with E-state index in [1.54, 1.807) is 0 Å². The summed E-state index contributed by atoms with van der Waals surface area (Å²) in [6.45, 7) is 1.13. The van der Waals surface area contributed by atoms with E-state index in [1.807, 2.05) is 0 Å². The lowest BCUT2D eigenvalue weighted by Crippen LogP contribution is -1.89. The first-order chi connectivity index (χ1) is 2.27. The Bertz CT molecular complexity index is 33.9. The van der Waals surface area contributed by atoms with E-state index in [-0.39, 0.29) is 0 Å². The van der Waals surface area contributed by atoms with Crippen molar-refractivity contribution >= 4 is 6.29 Å². The van der Waals surface area contributed by atoms with Gasteiger partial charge in [-0.05, 0) is 6.92 Å². The fraction of sp³-hybridized carbons (Fsp3) is 0.667. The van der Waals surface area contributed by atoms with Crippen molar-refractivity contribution in [3.63, 3.8) is 0 Å². The molecular weight excluding hydrogens is 71.0 g/mol. The second kappa shape index (κ2) is 1.88. The zero-order chi connectivity index (χ0) is 4.28. The van der Waals surface area contributed by atoms with E-state index < -0.39 is 6.17 Å². The van der Waals surface area contributed by atoms with E-state index >= 15 is 0 Å². The second-order valence-corrected chi connectivity index (χ2v) is 0.734. The van der Waals surface area contributed by atoms with Gasteiger partial charge in [0.05, 0.1) is 0 Å². The summed E-state index contributed by atoms with van der Waals surface area (Å²) in [5.41, 5.74) is 0. The van der Waals surface area contributed by atoms with Crippen LogP contribution in [0.4, 0.5) is 4.39 Å². The number of carbonyl (C=O) groups excluding carboxylic acids is 1. The molecule has 0 aromatic rings. The van der Waals surface area contributed by atoms with Gasteiger partial charge in [-0.3, -0.25) is 4.79 Å². The molecule has 0 aromatic heterocycles. The van der Waals surface area contributed by atoms with E-state index in [4.69, 9.17) is 4.79 Å². The van der Waals surface area contributed by atoms with Gasteiger partial charge < -0.3 is 0 Å². The van der Waals surface area contributed by atoms with Gasteiger partial charge in [-0.15, -0.1) is 0 Å². The molecule has 0 fully saturated rings. The highest BCUT2D eigenvalue weighted by Crippen LogP contribution is 1.75. The molecule has 0 bridgehead atoms. The minimum absolute atomic E-state index is 1.11. The zero-order valence-corrected chi connectivity index (χ0v) is 2.86. The van der Waals surface area contributed by atoms with Crippen molar-refractivity contribution in [2.75, 3.05) is 0 Å². The highest BCUT2D eigenvalue weighted by Gasteiger charge is 1.87. The van der Waals surface area contributed by atoms with Crippen molar-refractivity contribution in [3.8, 4) is 0 Å². The van der Waals surface area contributed by atoms with Gasteiger partial charge in [0.25, 0.3) is 0 Å². The van der Waals surface area contributed by atoms with Gasteiger partial charge in [0.2, 0.25) is 6.29 Å². The molecule has 0 rings (SSSR count). The van der Waals surface area contributed by atoms with Gasteiger partial charge in [0.1, 0.15) is 0 Å². The molecule has 1 radical (unpaired) electrons. The first-order valence-electron chi connectivity index (χ1n) is 1.29. The van der Waals surface area contributed by atoms with E-state index in [0.29, 0.717) is 0 Å². The Labute approximate surface area is 29.8 Å². The van der Waals surface area contributed by atoms with Crippen molar-refractivity contribution in [2.24, 2.45) is 0 Å². The Kier molecular flexibility index (Phi) is 1.73. The van der Waals surface area contributed by atoms with E-state index in [2.05, 4.69) is 0 Å². The van der Waals surface area contributed by atoms with Crippen LogP contribution in [-0.2, 0) is 4.79 Å². The van der Waals surface area contributed by atoms with E-state index in [0.717, 1.165) is 13.2 Å². The van der Waals surface area contributed by atoms with Gasteiger partial charge >= 0.3 is 0 Å². The standard InChI is InChI=1S/C3H4FO/c1-3(4)2-5/h3H,1H3/t3-/m0/s1. The van der Waals surface area contributed by atoms with Crippen LogP contribution in [0.5, 0.6) is 0 Å². The molecule has 0 N–H and O–H groups in total. The van der Waals surface area contributed by atoms with Crippen molar-refractivity contribution in [2.45, 2.75) is 13.1 Å². The first kappa shape index (κ1) is 4.60. The second-order valence-electron chi connectivity index (χ2n) is 0.734. The summed E-state index contributed by atoms with van der Waals surface area (Å²) in [5, 5.41) is 0. The van der Waals surface area contributed by atoms with Crippen molar-refractivity contribution in [3.05, 3.63) is 0 Å². The number of halogens is 1. The van der Waals surface area contributed by atoms with Crippen LogP contribution < -0.4 is 0 Å². The lowest BCUT2D eigenvalue weighted by molar-refractivity contribution is 0.422. The summed E-state index contributed by atoms with van der Waals surface area (Å²) >= 11 is 0. The van der Waals surface area contributed by atoms with Gasteiger partial charge in [-0.2, -0.15) is 0 Å². The van der Waals surface area contributed by atoms with Crippen LogP contribution in [0.25, 0.3) is 0 Å². The number of hydrogen-bond donors (Lipinski definition) is 0. The fourth-order valence-electron chi connectivity index (χ4n) is 0. The maximum atomic E-state index is 11.0. The highest BCUT2D eigenvalue weighted by atomic mass is 19.1. The van der Waals surface area contributed by atoms with Gasteiger partial charge in [0, 0.05) is 0 Å². The molecule has 0 saturated heterocycles. The van der Waals surface area contributed by atoms with Crippen molar-refractivity contribution in [1.29, 1.82) is 0 Å². The molecule has 0 unspecified atom stereocenters. The summed E-state index contributed by atoms with van der Waals surface area (Å²) in [5.74, 6) is 0. The Morgan fingerprint density at radius 1 is 2.00 bits per heavy atom. The molecule has 5 heavy (non-hydrogen) atoms. The maximum absolute atomic E-state index is 11.0. The third kappa shape index (κ3) is 3.60. The number of rotatable bonds is 1. The topological polar surface area (TPSA) is 17.1 Å². The largest absolute Gasteiger partial charge is 0.287 e. The predicted octanol–water partition coefficient (Wildman–Crippen LogP) is 0.454. The minimum Gasteiger partial charge on any atom is -0.287 e. The zero-order valence-electron chi connectivity index (χ0n) is 2.86. The van der Waals surface area contributed by atoms with Crippen LogP contribution >= 0.6 is 0 Å². The molecule has 0 aliphatic rings. The molecule has 1 nitrogen and oxygen atoms in total. The average molecular weight is 75.1 g/mol. The lowest BCUT2D eigenvalue weighted by Gasteiger charge is -1.72. The first-order valence-corrected chi connectivity index (χ1v) is 1.29. The van der Waals surface area contributed by atoms with Crippen LogP contribution in [0, 0.1) is 0 Å². The molecule has 0 aliphatic heterocycles. The predicted molar refractivity (Wildman–Crippen MR) is 16.3 cm³/mol. The van der Waals surface area contributed by atoms with E-state index in [1.165, 1.54) is 0 Å². The molecule has 2 heteroatoms. The molecule has 0 spiro atoms. The lowest BCUT2D eigenvalue weighted by atomic mass is 10.5. The fourth-order valence-corrected chi connectivity index (χ4v) is 0. The molecule has 0 aromatic carbocycles.